The van der Waals surface area contributed by atoms with Crippen LogP contribution in [0.5, 0.6) is 0 Å². The average molecular weight is 420 g/mol. The van der Waals surface area contributed by atoms with Gasteiger partial charge in [0.25, 0.3) is 0 Å². The predicted octanol–water partition coefficient (Wildman–Crippen LogP) is 4.09. The zero-order chi connectivity index (χ0) is 18.4. The summed E-state index contributed by atoms with van der Waals surface area (Å²) in [5.74, 6) is -1.49. The molecule has 0 aliphatic carbocycles. The van der Waals surface area contributed by atoms with E-state index in [-0.39, 0.29) is 5.56 Å². The van der Waals surface area contributed by atoms with E-state index in [0.29, 0.717) is 17.4 Å². The first kappa shape index (κ1) is 19.0. The largest absolute Gasteiger partial charge is 0.477 e. The number of primary sulfonamides is 1. The van der Waals surface area contributed by atoms with Gasteiger partial charge in [0.05, 0.1) is 15.6 Å². The predicted molar refractivity (Wildman–Crippen MR) is 83.1 cm³/mol. The third-order valence-corrected chi connectivity index (χ3v) is 5.69. The second-order valence-electron chi connectivity index (χ2n) is 4.44. The molecule has 0 radical (unpaired) electrons. The van der Waals surface area contributed by atoms with Gasteiger partial charge in [-0.25, -0.2) is 18.4 Å². The highest BCUT2D eigenvalue weighted by atomic mass is 35.5. The summed E-state index contributed by atoms with van der Waals surface area (Å²) in [6, 6.07) is 1.44. The van der Waals surface area contributed by atoms with Crippen molar-refractivity contribution in [3.8, 4) is 11.1 Å². The highest BCUT2D eigenvalue weighted by Gasteiger charge is 2.39. The van der Waals surface area contributed by atoms with Crippen LogP contribution in [0.2, 0.25) is 10.0 Å². The van der Waals surface area contributed by atoms with Gasteiger partial charge in [-0.15, -0.1) is 11.3 Å². The van der Waals surface area contributed by atoms with Crippen LogP contribution < -0.4 is 5.14 Å². The number of carboxylic acid groups (broad SMARTS) is 1. The van der Waals surface area contributed by atoms with E-state index < -0.39 is 53.1 Å². The molecule has 1 aromatic carbocycles. The van der Waals surface area contributed by atoms with E-state index in [9.17, 15) is 26.4 Å². The summed E-state index contributed by atoms with van der Waals surface area (Å²) in [5, 5.41) is 13.6. The molecule has 12 heteroatoms. The van der Waals surface area contributed by atoms with Gasteiger partial charge in [0.1, 0.15) is 9.77 Å². The first-order valence-electron chi connectivity index (χ1n) is 5.78. The van der Waals surface area contributed by atoms with Crippen molar-refractivity contribution in [2.75, 3.05) is 0 Å². The maximum Gasteiger partial charge on any atom is 0.417 e. The maximum atomic E-state index is 13.3. The van der Waals surface area contributed by atoms with Crippen molar-refractivity contribution in [3.63, 3.8) is 0 Å². The Balaban J connectivity index is 3.02. The second-order valence-corrected chi connectivity index (χ2v) is 7.63. The molecule has 1 heterocycles. The highest BCUT2D eigenvalue weighted by molar-refractivity contribution is 7.89. The lowest BCUT2D eigenvalue weighted by atomic mass is 9.99. The van der Waals surface area contributed by atoms with Gasteiger partial charge in [-0.2, -0.15) is 13.2 Å². The second kappa shape index (κ2) is 6.19. The number of halogens is 5. The van der Waals surface area contributed by atoms with Crippen molar-refractivity contribution in [1.82, 2.24) is 0 Å². The Morgan fingerprint density at radius 2 is 1.88 bits per heavy atom. The molecule has 0 spiro atoms. The molecule has 0 fully saturated rings. The highest BCUT2D eigenvalue weighted by Crippen LogP contribution is 2.47. The van der Waals surface area contributed by atoms with Crippen molar-refractivity contribution in [2.45, 2.75) is 11.1 Å². The lowest BCUT2D eigenvalue weighted by Crippen LogP contribution is -2.16. The number of alkyl halides is 3. The Morgan fingerprint density at radius 1 is 1.29 bits per heavy atom. The molecule has 3 N–H and O–H groups in total. The van der Waals surface area contributed by atoms with Crippen molar-refractivity contribution >= 4 is 50.5 Å². The first-order chi connectivity index (χ1) is 10.9. The number of sulfonamides is 1. The third-order valence-electron chi connectivity index (χ3n) is 2.89. The van der Waals surface area contributed by atoms with E-state index in [4.69, 9.17) is 33.4 Å². The molecular weight excluding hydrogens is 414 g/mol. The Morgan fingerprint density at radius 3 is 2.33 bits per heavy atom. The smallest absolute Gasteiger partial charge is 0.417 e. The molecule has 0 aliphatic heterocycles. The Bertz CT molecular complexity index is 939. The minimum absolute atomic E-state index is 0.353. The molecule has 1 aromatic heterocycles. The molecule has 0 bridgehead atoms. The molecule has 0 saturated heterocycles. The summed E-state index contributed by atoms with van der Waals surface area (Å²) in [6.07, 6.45) is -4.96. The molecule has 130 valence electrons. The van der Waals surface area contributed by atoms with Gasteiger partial charge in [0.15, 0.2) is 0 Å². The van der Waals surface area contributed by atoms with Crippen LogP contribution in [0.15, 0.2) is 22.4 Å². The summed E-state index contributed by atoms with van der Waals surface area (Å²) >= 11 is 12.1. The number of benzene rings is 1. The molecule has 24 heavy (non-hydrogen) atoms. The summed E-state index contributed by atoms with van der Waals surface area (Å²) in [7, 11) is -4.55. The van der Waals surface area contributed by atoms with E-state index in [2.05, 4.69) is 0 Å². The number of hydrogen-bond donors (Lipinski definition) is 2. The van der Waals surface area contributed by atoms with E-state index in [1.165, 1.54) is 5.38 Å². The minimum atomic E-state index is -4.96. The van der Waals surface area contributed by atoms with Crippen LogP contribution in [-0.2, 0) is 16.2 Å². The zero-order valence-corrected chi connectivity index (χ0v) is 14.3. The fourth-order valence-electron chi connectivity index (χ4n) is 2.02. The standard InChI is InChI=1S/C12H6Cl2F3NO4S2/c13-6-3-5(12(15,16)17)7(8(14)10(6)24(18,21)22)4-1-2-23-9(4)11(19)20/h1-3H,(H,19,20)(H2,18,21,22). The van der Waals surface area contributed by atoms with Gasteiger partial charge in [0, 0.05) is 11.1 Å². The summed E-state index contributed by atoms with van der Waals surface area (Å²) in [4.78, 5) is 9.85. The lowest BCUT2D eigenvalue weighted by molar-refractivity contribution is -0.137. The maximum absolute atomic E-state index is 13.3. The molecule has 0 atom stereocenters. The van der Waals surface area contributed by atoms with Crippen molar-refractivity contribution in [3.05, 3.63) is 38.0 Å². The van der Waals surface area contributed by atoms with Crippen molar-refractivity contribution in [2.24, 2.45) is 5.14 Å². The fraction of sp³-hybridized carbons (Fsp3) is 0.0833. The molecule has 2 aromatic rings. The molecule has 0 unspecified atom stereocenters. The topological polar surface area (TPSA) is 97.5 Å². The number of nitrogens with two attached hydrogens (primary N) is 1. The fourth-order valence-corrected chi connectivity index (χ4v) is 4.64. The van der Waals surface area contributed by atoms with Crippen molar-refractivity contribution < 1.29 is 31.5 Å². The van der Waals surface area contributed by atoms with E-state index in [0.717, 1.165) is 6.07 Å². The minimum Gasteiger partial charge on any atom is -0.477 e. The van der Waals surface area contributed by atoms with E-state index in [1.807, 2.05) is 0 Å². The molecule has 0 amide bonds. The van der Waals surface area contributed by atoms with Gasteiger partial charge in [-0.1, -0.05) is 23.2 Å². The molecular formula is C12H6Cl2F3NO4S2. The van der Waals surface area contributed by atoms with Crippen LogP contribution in [0.3, 0.4) is 0 Å². The zero-order valence-electron chi connectivity index (χ0n) is 11.2. The van der Waals surface area contributed by atoms with Crippen LogP contribution in [0.4, 0.5) is 13.2 Å². The average Bonchev–Trinajstić information content (AvgIpc) is 2.84. The van der Waals surface area contributed by atoms with Crippen LogP contribution in [0, 0.1) is 0 Å². The van der Waals surface area contributed by atoms with E-state index >= 15 is 0 Å². The SMILES string of the molecule is NS(=O)(=O)c1c(Cl)cc(C(F)(F)F)c(-c2ccsc2C(=O)O)c1Cl. The van der Waals surface area contributed by atoms with Crippen LogP contribution >= 0.6 is 34.5 Å². The Hall–Kier alpha value is -1.33. The number of carbonyl (C=O) groups is 1. The first-order valence-corrected chi connectivity index (χ1v) is 8.97. The van der Waals surface area contributed by atoms with Gasteiger partial charge in [0.2, 0.25) is 10.0 Å². The molecule has 2 rings (SSSR count). The van der Waals surface area contributed by atoms with Crippen LogP contribution in [0.1, 0.15) is 15.2 Å². The van der Waals surface area contributed by atoms with Gasteiger partial charge < -0.3 is 5.11 Å². The number of rotatable bonds is 3. The summed E-state index contributed by atoms with van der Waals surface area (Å²) < 4.78 is 63.1. The molecule has 0 saturated carbocycles. The number of aromatic carboxylic acids is 1. The summed E-state index contributed by atoms with van der Waals surface area (Å²) in [6.45, 7) is 0. The molecule has 0 aliphatic rings. The quantitative estimate of drug-likeness (QED) is 0.782. The van der Waals surface area contributed by atoms with E-state index in [1.54, 1.807) is 0 Å². The Labute approximate surface area is 147 Å². The van der Waals surface area contributed by atoms with Gasteiger partial charge >= 0.3 is 12.1 Å². The lowest BCUT2D eigenvalue weighted by Gasteiger charge is -2.17. The summed E-state index contributed by atoms with van der Waals surface area (Å²) in [5.41, 5.74) is -2.56. The number of hydrogen-bond acceptors (Lipinski definition) is 4. The Kier molecular flexibility index (Phi) is 4.90. The van der Waals surface area contributed by atoms with Crippen LogP contribution in [-0.4, -0.2) is 19.5 Å². The normalized spacial score (nSPS) is 12.4. The van der Waals surface area contributed by atoms with Gasteiger partial charge in [-0.3, -0.25) is 0 Å². The van der Waals surface area contributed by atoms with Gasteiger partial charge in [-0.05, 0) is 17.5 Å². The van der Waals surface area contributed by atoms with Crippen molar-refractivity contribution in [1.29, 1.82) is 0 Å². The number of carboxylic acids is 1. The third kappa shape index (κ3) is 3.38. The number of thiophene rings is 1. The van der Waals surface area contributed by atoms with Crippen LogP contribution in [0.25, 0.3) is 11.1 Å². The monoisotopic (exact) mass is 419 g/mol. The molecule has 5 nitrogen and oxygen atoms in total.